The molecule has 1 fully saturated rings. The van der Waals surface area contributed by atoms with E-state index in [2.05, 4.69) is 45.6 Å². The first kappa shape index (κ1) is 23.5. The molecule has 8 heteroatoms. The lowest BCUT2D eigenvalue weighted by Gasteiger charge is -2.34. The molecule has 0 aliphatic carbocycles. The number of guanidine groups is 1. The van der Waals surface area contributed by atoms with Gasteiger partial charge in [-0.25, -0.2) is 9.98 Å². The topological polar surface area (TPSA) is 74.3 Å². The number of anilines is 2. The van der Waals surface area contributed by atoms with Crippen LogP contribution in [0.1, 0.15) is 25.3 Å². The van der Waals surface area contributed by atoms with Crippen molar-refractivity contribution in [3.05, 3.63) is 42.1 Å². The molecular weight excluding hydrogens is 404 g/mol. The quantitative estimate of drug-likeness (QED) is 0.483. The smallest absolute Gasteiger partial charge is 0.191 e. The maximum absolute atomic E-state index is 5.42. The Morgan fingerprint density at radius 1 is 1.12 bits per heavy atom. The van der Waals surface area contributed by atoms with Gasteiger partial charge in [0.05, 0.1) is 20.8 Å². The van der Waals surface area contributed by atoms with Gasteiger partial charge in [0.1, 0.15) is 17.3 Å². The zero-order valence-corrected chi connectivity index (χ0v) is 19.9. The minimum absolute atomic E-state index is 0.381. The predicted molar refractivity (Wildman–Crippen MR) is 131 cm³/mol. The standard InChI is InChI=1S/C24H36N6O2/c1-6-25-24(27-17-18-7-10-26-23(13-18)29(2)3)28-19-8-11-30(12-9-19)20-14-21(31-4)16-22(15-20)32-5/h7,10,13-16,19H,6,8-9,11-12,17H2,1-5H3,(H2,25,27,28). The third kappa shape index (κ3) is 6.42. The number of nitrogens with zero attached hydrogens (tertiary/aromatic N) is 4. The highest BCUT2D eigenvalue weighted by Crippen LogP contribution is 2.30. The lowest BCUT2D eigenvalue weighted by atomic mass is 10.0. The number of hydrogen-bond donors (Lipinski definition) is 2. The number of piperidine rings is 1. The van der Waals surface area contributed by atoms with Gasteiger partial charge in [0, 0.05) is 69.9 Å². The van der Waals surface area contributed by atoms with E-state index in [4.69, 9.17) is 14.5 Å². The van der Waals surface area contributed by atoms with E-state index in [1.165, 1.54) is 0 Å². The highest BCUT2D eigenvalue weighted by molar-refractivity contribution is 5.80. The lowest BCUT2D eigenvalue weighted by molar-refractivity contribution is 0.393. The van der Waals surface area contributed by atoms with E-state index in [1.54, 1.807) is 14.2 Å². The maximum Gasteiger partial charge on any atom is 0.191 e. The Morgan fingerprint density at radius 3 is 2.41 bits per heavy atom. The van der Waals surface area contributed by atoms with E-state index in [0.717, 1.165) is 67.0 Å². The van der Waals surface area contributed by atoms with Crippen molar-refractivity contribution in [1.82, 2.24) is 15.6 Å². The first-order chi connectivity index (χ1) is 15.5. The molecule has 2 aromatic rings. The molecule has 2 heterocycles. The second-order valence-corrected chi connectivity index (χ2v) is 8.09. The van der Waals surface area contributed by atoms with Gasteiger partial charge in [-0.05, 0) is 37.5 Å². The van der Waals surface area contributed by atoms with Crippen molar-refractivity contribution < 1.29 is 9.47 Å². The minimum Gasteiger partial charge on any atom is -0.497 e. The van der Waals surface area contributed by atoms with Crippen LogP contribution in [0.2, 0.25) is 0 Å². The summed E-state index contributed by atoms with van der Waals surface area (Å²) in [6, 6.07) is 10.5. The van der Waals surface area contributed by atoms with Gasteiger partial charge in [0.15, 0.2) is 5.96 Å². The Kier molecular flexibility index (Phi) is 8.41. The summed E-state index contributed by atoms with van der Waals surface area (Å²) < 4.78 is 10.8. The monoisotopic (exact) mass is 440 g/mol. The number of aromatic nitrogens is 1. The molecule has 32 heavy (non-hydrogen) atoms. The number of methoxy groups -OCH3 is 2. The van der Waals surface area contributed by atoms with Gasteiger partial charge in [0.25, 0.3) is 0 Å². The van der Waals surface area contributed by atoms with Crippen molar-refractivity contribution in [2.24, 2.45) is 4.99 Å². The molecular formula is C24H36N6O2. The highest BCUT2D eigenvalue weighted by atomic mass is 16.5. The molecule has 2 N–H and O–H groups in total. The van der Waals surface area contributed by atoms with Crippen molar-refractivity contribution >= 4 is 17.5 Å². The zero-order valence-electron chi connectivity index (χ0n) is 19.9. The van der Waals surface area contributed by atoms with Crippen LogP contribution in [0.5, 0.6) is 11.5 Å². The van der Waals surface area contributed by atoms with Crippen molar-refractivity contribution in [2.75, 3.05) is 57.7 Å². The number of aliphatic imine (C=N–C) groups is 1. The fourth-order valence-corrected chi connectivity index (χ4v) is 3.74. The Labute approximate surface area is 191 Å². The molecule has 0 radical (unpaired) electrons. The number of ether oxygens (including phenoxy) is 2. The normalized spacial score (nSPS) is 14.8. The summed E-state index contributed by atoms with van der Waals surface area (Å²) >= 11 is 0. The highest BCUT2D eigenvalue weighted by Gasteiger charge is 2.21. The molecule has 0 unspecified atom stereocenters. The van der Waals surface area contributed by atoms with Gasteiger partial charge in [-0.2, -0.15) is 0 Å². The van der Waals surface area contributed by atoms with Crippen molar-refractivity contribution in [2.45, 2.75) is 32.4 Å². The Bertz CT molecular complexity index is 872. The molecule has 0 spiro atoms. The van der Waals surface area contributed by atoms with Crippen LogP contribution in [0.3, 0.4) is 0 Å². The van der Waals surface area contributed by atoms with Crippen LogP contribution in [0, 0.1) is 0 Å². The SMILES string of the molecule is CCNC(=NCc1ccnc(N(C)C)c1)NC1CCN(c2cc(OC)cc(OC)c2)CC1. The molecule has 3 rings (SSSR count). The average molecular weight is 441 g/mol. The van der Waals surface area contributed by atoms with Crippen LogP contribution in [0.4, 0.5) is 11.5 Å². The first-order valence-corrected chi connectivity index (χ1v) is 11.2. The fraction of sp³-hybridized carbons (Fsp3) is 0.500. The summed E-state index contributed by atoms with van der Waals surface area (Å²) in [4.78, 5) is 13.6. The molecule has 1 aromatic heterocycles. The van der Waals surface area contributed by atoms with E-state index < -0.39 is 0 Å². The maximum atomic E-state index is 5.42. The van der Waals surface area contributed by atoms with E-state index in [-0.39, 0.29) is 0 Å². The Hall–Kier alpha value is -3.16. The van der Waals surface area contributed by atoms with E-state index >= 15 is 0 Å². The van der Waals surface area contributed by atoms with Gasteiger partial charge < -0.3 is 29.9 Å². The van der Waals surface area contributed by atoms with Crippen LogP contribution in [0.25, 0.3) is 0 Å². The van der Waals surface area contributed by atoms with E-state index in [0.29, 0.717) is 12.6 Å². The largest absolute Gasteiger partial charge is 0.497 e. The van der Waals surface area contributed by atoms with Gasteiger partial charge in [-0.3, -0.25) is 0 Å². The first-order valence-electron chi connectivity index (χ1n) is 11.2. The molecule has 0 bridgehead atoms. The van der Waals surface area contributed by atoms with Crippen molar-refractivity contribution in [1.29, 1.82) is 0 Å². The third-order valence-electron chi connectivity index (χ3n) is 5.57. The predicted octanol–water partition coefficient (Wildman–Crippen LogP) is 2.89. The molecule has 1 aromatic carbocycles. The van der Waals surface area contributed by atoms with Gasteiger partial charge in [-0.15, -0.1) is 0 Å². The van der Waals surface area contributed by atoms with Gasteiger partial charge >= 0.3 is 0 Å². The molecule has 0 atom stereocenters. The fourth-order valence-electron chi connectivity index (χ4n) is 3.74. The van der Waals surface area contributed by atoms with Crippen LogP contribution in [-0.4, -0.2) is 64.9 Å². The number of hydrogen-bond acceptors (Lipinski definition) is 6. The molecule has 8 nitrogen and oxygen atoms in total. The van der Waals surface area contributed by atoms with E-state index in [9.17, 15) is 0 Å². The van der Waals surface area contributed by atoms with E-state index in [1.807, 2.05) is 37.3 Å². The Balaban J connectivity index is 1.59. The molecule has 1 aliphatic rings. The second kappa shape index (κ2) is 11.5. The number of benzene rings is 1. The molecule has 0 saturated carbocycles. The van der Waals surface area contributed by atoms with Crippen LogP contribution in [0.15, 0.2) is 41.5 Å². The minimum atomic E-state index is 0.381. The third-order valence-corrected chi connectivity index (χ3v) is 5.57. The second-order valence-electron chi connectivity index (χ2n) is 8.09. The number of pyridine rings is 1. The number of rotatable bonds is 8. The molecule has 1 aliphatic heterocycles. The summed E-state index contributed by atoms with van der Waals surface area (Å²) in [5.74, 6) is 3.43. The van der Waals surface area contributed by atoms with Crippen LogP contribution < -0.4 is 29.9 Å². The molecule has 0 amide bonds. The molecule has 1 saturated heterocycles. The van der Waals surface area contributed by atoms with Crippen molar-refractivity contribution in [3.63, 3.8) is 0 Å². The summed E-state index contributed by atoms with van der Waals surface area (Å²) in [7, 11) is 7.36. The Morgan fingerprint density at radius 2 is 1.81 bits per heavy atom. The zero-order chi connectivity index (χ0) is 22.9. The lowest BCUT2D eigenvalue weighted by Crippen LogP contribution is -2.48. The average Bonchev–Trinajstić information content (AvgIpc) is 2.83. The summed E-state index contributed by atoms with van der Waals surface area (Å²) in [6.07, 6.45) is 3.90. The molecule has 174 valence electrons. The van der Waals surface area contributed by atoms with Gasteiger partial charge in [-0.1, -0.05) is 0 Å². The number of nitrogens with one attached hydrogen (secondary N) is 2. The van der Waals surface area contributed by atoms with Gasteiger partial charge in [0.2, 0.25) is 0 Å². The summed E-state index contributed by atoms with van der Waals surface area (Å²) in [5, 5.41) is 7.00. The van der Waals surface area contributed by atoms with Crippen LogP contribution >= 0.6 is 0 Å². The summed E-state index contributed by atoms with van der Waals surface area (Å²) in [5.41, 5.74) is 2.28. The summed E-state index contributed by atoms with van der Waals surface area (Å²) in [6.45, 7) is 5.45. The van der Waals surface area contributed by atoms with Crippen molar-refractivity contribution in [3.8, 4) is 11.5 Å². The van der Waals surface area contributed by atoms with Crippen LogP contribution in [-0.2, 0) is 6.54 Å².